The van der Waals surface area contributed by atoms with Crippen LogP contribution in [-0.2, 0) is 9.59 Å². The van der Waals surface area contributed by atoms with Crippen molar-refractivity contribution < 1.29 is 9.59 Å². The average Bonchev–Trinajstić information content (AvgIpc) is 2.38. The number of amides is 2. The number of aromatic nitrogens is 1. The van der Waals surface area contributed by atoms with E-state index in [2.05, 4.69) is 22.5 Å². The maximum Gasteiger partial charge on any atom is 0.313 e. The average molecular weight is 264 g/mol. The van der Waals surface area contributed by atoms with Crippen LogP contribution in [0.2, 0.25) is 0 Å². The van der Waals surface area contributed by atoms with Crippen molar-refractivity contribution in [3.8, 4) is 0 Å². The highest BCUT2D eigenvalue weighted by atomic mass is 16.2. The Labute approximate surface area is 112 Å². The highest BCUT2D eigenvalue weighted by Gasteiger charge is 2.13. The van der Waals surface area contributed by atoms with E-state index in [1.54, 1.807) is 13.0 Å². The van der Waals surface area contributed by atoms with E-state index in [1.807, 2.05) is 0 Å². The monoisotopic (exact) mass is 264 g/mol. The summed E-state index contributed by atoms with van der Waals surface area (Å²) in [5.41, 5.74) is 6.78. The van der Waals surface area contributed by atoms with Crippen molar-refractivity contribution in [3.05, 3.63) is 17.8 Å². The summed E-state index contributed by atoms with van der Waals surface area (Å²) in [4.78, 5) is 27.0. The van der Waals surface area contributed by atoms with Gasteiger partial charge in [-0.3, -0.25) is 9.59 Å². The maximum absolute atomic E-state index is 11.6. The van der Waals surface area contributed by atoms with Crippen molar-refractivity contribution in [2.45, 2.75) is 33.1 Å². The summed E-state index contributed by atoms with van der Waals surface area (Å²) < 4.78 is 0. The van der Waals surface area contributed by atoms with Crippen molar-refractivity contribution in [2.75, 3.05) is 17.6 Å². The number of hydrogen-bond acceptors (Lipinski definition) is 4. The van der Waals surface area contributed by atoms with E-state index in [0.717, 1.165) is 24.8 Å². The lowest BCUT2D eigenvalue weighted by molar-refractivity contribution is -0.136. The molecule has 1 rings (SSSR count). The molecule has 0 saturated heterocycles. The van der Waals surface area contributed by atoms with E-state index >= 15 is 0 Å². The summed E-state index contributed by atoms with van der Waals surface area (Å²) in [7, 11) is 0. The second kappa shape index (κ2) is 7.35. The van der Waals surface area contributed by atoms with Crippen LogP contribution in [0.25, 0.3) is 0 Å². The third kappa shape index (κ3) is 4.95. The second-order valence-electron chi connectivity index (χ2n) is 4.34. The molecule has 6 heteroatoms. The van der Waals surface area contributed by atoms with Gasteiger partial charge in [0.05, 0.1) is 11.9 Å². The molecule has 0 unspecified atom stereocenters. The number of anilines is 2. The van der Waals surface area contributed by atoms with Crippen LogP contribution in [0.4, 0.5) is 11.5 Å². The number of nitrogens with two attached hydrogens (primary N) is 1. The Morgan fingerprint density at radius 1 is 1.32 bits per heavy atom. The molecule has 0 radical (unpaired) electrons. The number of nitrogen functional groups attached to an aromatic ring is 1. The minimum Gasteiger partial charge on any atom is -0.383 e. The molecule has 0 aromatic carbocycles. The number of hydrogen-bond donors (Lipinski definition) is 3. The number of rotatable bonds is 5. The molecule has 0 atom stereocenters. The van der Waals surface area contributed by atoms with Gasteiger partial charge in [0.1, 0.15) is 5.82 Å². The Balaban J connectivity index is 2.45. The van der Waals surface area contributed by atoms with Crippen LogP contribution >= 0.6 is 0 Å². The highest BCUT2D eigenvalue weighted by molar-refractivity contribution is 6.39. The van der Waals surface area contributed by atoms with Gasteiger partial charge in [0.25, 0.3) is 0 Å². The van der Waals surface area contributed by atoms with Gasteiger partial charge in [-0.05, 0) is 25.0 Å². The minimum absolute atomic E-state index is 0.405. The van der Waals surface area contributed by atoms with Crippen LogP contribution in [0.3, 0.4) is 0 Å². The highest BCUT2D eigenvalue weighted by Crippen LogP contribution is 2.12. The lowest BCUT2D eigenvalue weighted by atomic mass is 10.2. The molecule has 0 spiro atoms. The first kappa shape index (κ1) is 14.9. The summed E-state index contributed by atoms with van der Waals surface area (Å²) in [5.74, 6) is -0.921. The lowest BCUT2D eigenvalue weighted by Gasteiger charge is -2.07. The molecule has 0 aliphatic rings. The van der Waals surface area contributed by atoms with E-state index < -0.39 is 11.8 Å². The fraction of sp³-hybridized carbons (Fsp3) is 0.462. The largest absolute Gasteiger partial charge is 0.383 e. The number of pyridine rings is 1. The molecule has 1 aromatic heterocycles. The first-order valence-electron chi connectivity index (χ1n) is 6.36. The van der Waals surface area contributed by atoms with E-state index in [-0.39, 0.29) is 0 Å². The molecule has 104 valence electrons. The van der Waals surface area contributed by atoms with Crippen LogP contribution in [0, 0.1) is 6.92 Å². The SMILES string of the molecule is CCCCCNC(=O)C(=O)Nc1cnc(N)c(C)c1. The van der Waals surface area contributed by atoms with E-state index in [0.29, 0.717) is 18.1 Å². The van der Waals surface area contributed by atoms with Gasteiger partial charge in [-0.15, -0.1) is 0 Å². The molecule has 1 aromatic rings. The third-order valence-electron chi connectivity index (χ3n) is 2.65. The zero-order valence-electron chi connectivity index (χ0n) is 11.3. The van der Waals surface area contributed by atoms with E-state index in [9.17, 15) is 9.59 Å². The Bertz CT molecular complexity index is 460. The number of carbonyl (C=O) groups is 2. The summed E-state index contributed by atoms with van der Waals surface area (Å²) in [6, 6.07) is 1.67. The predicted molar refractivity (Wildman–Crippen MR) is 74.6 cm³/mol. The zero-order valence-corrected chi connectivity index (χ0v) is 11.3. The van der Waals surface area contributed by atoms with Crippen LogP contribution < -0.4 is 16.4 Å². The van der Waals surface area contributed by atoms with Gasteiger partial charge >= 0.3 is 11.8 Å². The molecule has 0 bridgehead atoms. The lowest BCUT2D eigenvalue weighted by Crippen LogP contribution is -2.35. The molecule has 0 aliphatic carbocycles. The van der Waals surface area contributed by atoms with Gasteiger partial charge in [-0.1, -0.05) is 19.8 Å². The van der Waals surface area contributed by atoms with Crippen LogP contribution in [0.15, 0.2) is 12.3 Å². The van der Waals surface area contributed by atoms with Crippen molar-refractivity contribution in [2.24, 2.45) is 0 Å². The molecular formula is C13H20N4O2. The van der Waals surface area contributed by atoms with Crippen molar-refractivity contribution in [3.63, 3.8) is 0 Å². The molecule has 0 saturated carbocycles. The van der Waals surface area contributed by atoms with Crippen LogP contribution in [-0.4, -0.2) is 23.3 Å². The summed E-state index contributed by atoms with van der Waals surface area (Å²) in [5, 5.41) is 5.05. The van der Waals surface area contributed by atoms with Gasteiger partial charge in [0, 0.05) is 6.54 Å². The van der Waals surface area contributed by atoms with Gasteiger partial charge in [0.15, 0.2) is 0 Å². The Hall–Kier alpha value is -2.11. The fourth-order valence-electron chi connectivity index (χ4n) is 1.50. The Morgan fingerprint density at radius 3 is 2.68 bits per heavy atom. The first-order chi connectivity index (χ1) is 9.04. The predicted octanol–water partition coefficient (Wildman–Crippen LogP) is 1.22. The molecule has 19 heavy (non-hydrogen) atoms. The fourth-order valence-corrected chi connectivity index (χ4v) is 1.50. The quantitative estimate of drug-likeness (QED) is 0.550. The van der Waals surface area contributed by atoms with Gasteiger partial charge in [-0.2, -0.15) is 0 Å². The van der Waals surface area contributed by atoms with Crippen molar-refractivity contribution in [1.29, 1.82) is 0 Å². The molecule has 2 amide bonds. The molecule has 6 nitrogen and oxygen atoms in total. The zero-order chi connectivity index (χ0) is 14.3. The Morgan fingerprint density at radius 2 is 2.05 bits per heavy atom. The number of nitrogens with zero attached hydrogens (tertiary/aromatic N) is 1. The van der Waals surface area contributed by atoms with Crippen molar-refractivity contribution >= 4 is 23.3 Å². The molecule has 4 N–H and O–H groups in total. The van der Waals surface area contributed by atoms with Crippen LogP contribution in [0.1, 0.15) is 31.7 Å². The summed E-state index contributed by atoms with van der Waals surface area (Å²) in [6.45, 7) is 4.37. The number of carbonyl (C=O) groups excluding carboxylic acids is 2. The van der Waals surface area contributed by atoms with E-state index in [1.165, 1.54) is 6.20 Å². The third-order valence-corrected chi connectivity index (χ3v) is 2.65. The molecule has 0 fully saturated rings. The molecule has 0 aliphatic heterocycles. The van der Waals surface area contributed by atoms with Crippen molar-refractivity contribution in [1.82, 2.24) is 10.3 Å². The summed E-state index contributed by atoms with van der Waals surface area (Å²) in [6.07, 6.45) is 4.39. The van der Waals surface area contributed by atoms with Gasteiger partial charge in [-0.25, -0.2) is 4.98 Å². The summed E-state index contributed by atoms with van der Waals surface area (Å²) >= 11 is 0. The Kier molecular flexibility index (Phi) is 5.78. The van der Waals surface area contributed by atoms with E-state index in [4.69, 9.17) is 5.73 Å². The van der Waals surface area contributed by atoms with Gasteiger partial charge < -0.3 is 16.4 Å². The minimum atomic E-state index is -0.692. The first-order valence-corrected chi connectivity index (χ1v) is 6.36. The molecular weight excluding hydrogens is 244 g/mol. The molecule has 1 heterocycles. The topological polar surface area (TPSA) is 97.1 Å². The smallest absolute Gasteiger partial charge is 0.313 e. The number of aryl methyl sites for hydroxylation is 1. The normalized spacial score (nSPS) is 10.0. The number of nitrogens with one attached hydrogen (secondary N) is 2. The number of unbranched alkanes of at least 4 members (excludes halogenated alkanes) is 2. The standard InChI is InChI=1S/C13H20N4O2/c1-3-4-5-6-15-12(18)13(19)17-10-7-9(2)11(14)16-8-10/h7-8H,3-6H2,1-2H3,(H2,14,16)(H,15,18)(H,17,19). The maximum atomic E-state index is 11.6. The van der Waals surface area contributed by atoms with Gasteiger partial charge in [0.2, 0.25) is 0 Å². The van der Waals surface area contributed by atoms with Crippen LogP contribution in [0.5, 0.6) is 0 Å². The second-order valence-corrected chi connectivity index (χ2v) is 4.34.